The van der Waals surface area contributed by atoms with Crippen LogP contribution >= 0.6 is 11.6 Å². The van der Waals surface area contributed by atoms with Gasteiger partial charge in [0.25, 0.3) is 0 Å². The number of rotatable bonds is 6. The molecule has 5 heteroatoms. The average molecular weight is 298 g/mol. The van der Waals surface area contributed by atoms with Gasteiger partial charge in [-0.15, -0.1) is 0 Å². The molecule has 1 fully saturated rings. The molecule has 0 aromatic heterocycles. The SMILES string of the molecule is CN(CC1CC(O)C1)C(=O)CCOc1cccc(Cl)c1. The van der Waals surface area contributed by atoms with E-state index in [-0.39, 0.29) is 12.0 Å². The first-order valence-electron chi connectivity index (χ1n) is 6.85. The van der Waals surface area contributed by atoms with E-state index < -0.39 is 0 Å². The summed E-state index contributed by atoms with van der Waals surface area (Å²) in [5.74, 6) is 1.18. The first-order valence-corrected chi connectivity index (χ1v) is 7.23. The Hall–Kier alpha value is -1.26. The van der Waals surface area contributed by atoms with E-state index in [1.807, 2.05) is 12.1 Å². The van der Waals surface area contributed by atoms with Crippen molar-refractivity contribution in [2.75, 3.05) is 20.2 Å². The molecule has 0 heterocycles. The predicted molar refractivity (Wildman–Crippen MR) is 77.9 cm³/mol. The van der Waals surface area contributed by atoms with E-state index in [2.05, 4.69) is 0 Å². The van der Waals surface area contributed by atoms with Gasteiger partial charge in [0.1, 0.15) is 5.75 Å². The van der Waals surface area contributed by atoms with Crippen molar-refractivity contribution in [1.82, 2.24) is 4.90 Å². The number of carbonyl (C=O) groups is 1. The minimum absolute atomic E-state index is 0.0633. The molecule has 110 valence electrons. The second-order valence-corrected chi connectivity index (χ2v) is 5.76. The van der Waals surface area contributed by atoms with Crippen LogP contribution in [0.2, 0.25) is 5.02 Å². The van der Waals surface area contributed by atoms with Crippen LogP contribution in [0.4, 0.5) is 0 Å². The molecule has 0 radical (unpaired) electrons. The Balaban J connectivity index is 1.66. The number of benzene rings is 1. The molecule has 0 spiro atoms. The smallest absolute Gasteiger partial charge is 0.225 e. The average Bonchev–Trinajstić information content (AvgIpc) is 2.36. The molecule has 1 saturated carbocycles. The molecular formula is C15H20ClNO3. The number of aliphatic hydroxyl groups is 1. The third-order valence-corrected chi connectivity index (χ3v) is 3.78. The Morgan fingerprint density at radius 2 is 2.25 bits per heavy atom. The minimum Gasteiger partial charge on any atom is -0.493 e. The number of carbonyl (C=O) groups excluding carboxylic acids is 1. The Morgan fingerprint density at radius 1 is 1.50 bits per heavy atom. The number of halogens is 1. The van der Waals surface area contributed by atoms with Gasteiger partial charge in [-0.2, -0.15) is 0 Å². The maximum atomic E-state index is 11.9. The van der Waals surface area contributed by atoms with Gasteiger partial charge in [0.15, 0.2) is 0 Å². The van der Waals surface area contributed by atoms with Gasteiger partial charge >= 0.3 is 0 Å². The molecule has 0 unspecified atom stereocenters. The summed E-state index contributed by atoms with van der Waals surface area (Å²) in [4.78, 5) is 13.6. The van der Waals surface area contributed by atoms with Crippen LogP contribution in [0.1, 0.15) is 19.3 Å². The van der Waals surface area contributed by atoms with E-state index in [0.29, 0.717) is 36.3 Å². The monoisotopic (exact) mass is 297 g/mol. The number of hydrogen-bond acceptors (Lipinski definition) is 3. The van der Waals surface area contributed by atoms with Gasteiger partial charge in [0.05, 0.1) is 19.1 Å². The van der Waals surface area contributed by atoms with E-state index in [4.69, 9.17) is 16.3 Å². The molecule has 2 rings (SSSR count). The maximum Gasteiger partial charge on any atom is 0.225 e. The van der Waals surface area contributed by atoms with Crippen molar-refractivity contribution in [2.24, 2.45) is 5.92 Å². The summed E-state index contributed by atoms with van der Waals surface area (Å²) in [5.41, 5.74) is 0. The summed E-state index contributed by atoms with van der Waals surface area (Å²) in [6.07, 6.45) is 1.78. The van der Waals surface area contributed by atoms with E-state index in [0.717, 1.165) is 12.8 Å². The lowest BCUT2D eigenvalue weighted by Gasteiger charge is -2.34. The lowest BCUT2D eigenvalue weighted by Crippen LogP contribution is -2.39. The zero-order chi connectivity index (χ0) is 14.5. The van der Waals surface area contributed by atoms with E-state index in [1.165, 1.54) is 0 Å². The molecule has 1 aromatic carbocycles. The van der Waals surface area contributed by atoms with Gasteiger partial charge in [0.2, 0.25) is 5.91 Å². The zero-order valence-corrected chi connectivity index (χ0v) is 12.3. The molecule has 1 aliphatic rings. The molecule has 1 amide bonds. The number of hydrogen-bond donors (Lipinski definition) is 1. The van der Waals surface area contributed by atoms with Crippen LogP contribution in [0.5, 0.6) is 5.75 Å². The van der Waals surface area contributed by atoms with Crippen molar-refractivity contribution in [2.45, 2.75) is 25.4 Å². The zero-order valence-electron chi connectivity index (χ0n) is 11.6. The fourth-order valence-electron chi connectivity index (χ4n) is 2.34. The number of aliphatic hydroxyl groups excluding tert-OH is 1. The second kappa shape index (κ2) is 6.95. The Bertz CT molecular complexity index is 460. The summed E-state index contributed by atoms with van der Waals surface area (Å²) >= 11 is 5.85. The number of ether oxygens (including phenoxy) is 1. The Kier molecular flexibility index (Phi) is 5.26. The van der Waals surface area contributed by atoms with Gasteiger partial charge in [-0.1, -0.05) is 17.7 Å². The standard InChI is InChI=1S/C15H20ClNO3/c1-17(10-11-7-13(18)8-11)15(19)5-6-20-14-4-2-3-12(16)9-14/h2-4,9,11,13,18H,5-8,10H2,1H3. The highest BCUT2D eigenvalue weighted by atomic mass is 35.5. The molecule has 1 aliphatic carbocycles. The molecular weight excluding hydrogens is 278 g/mol. The van der Waals surface area contributed by atoms with E-state index in [9.17, 15) is 9.90 Å². The normalized spacial score (nSPS) is 21.1. The van der Waals surface area contributed by atoms with Crippen LogP contribution in [-0.2, 0) is 4.79 Å². The first-order chi connectivity index (χ1) is 9.54. The summed E-state index contributed by atoms with van der Waals surface area (Å²) in [5, 5.41) is 9.85. The van der Waals surface area contributed by atoms with Crippen molar-refractivity contribution in [1.29, 1.82) is 0 Å². The van der Waals surface area contributed by atoms with Gasteiger partial charge < -0.3 is 14.7 Å². The molecule has 1 N–H and O–H groups in total. The van der Waals surface area contributed by atoms with Crippen LogP contribution in [0.25, 0.3) is 0 Å². The van der Waals surface area contributed by atoms with Crippen LogP contribution in [0.15, 0.2) is 24.3 Å². The van der Waals surface area contributed by atoms with E-state index >= 15 is 0 Å². The molecule has 20 heavy (non-hydrogen) atoms. The fraction of sp³-hybridized carbons (Fsp3) is 0.533. The quantitative estimate of drug-likeness (QED) is 0.877. The van der Waals surface area contributed by atoms with Gasteiger partial charge in [-0.05, 0) is 37.0 Å². The molecule has 0 bridgehead atoms. The lowest BCUT2D eigenvalue weighted by atomic mass is 9.82. The minimum atomic E-state index is -0.172. The second-order valence-electron chi connectivity index (χ2n) is 5.32. The maximum absolute atomic E-state index is 11.9. The van der Waals surface area contributed by atoms with Gasteiger partial charge in [-0.3, -0.25) is 4.79 Å². The van der Waals surface area contributed by atoms with Gasteiger partial charge in [0, 0.05) is 18.6 Å². The van der Waals surface area contributed by atoms with Crippen LogP contribution < -0.4 is 4.74 Å². The molecule has 0 atom stereocenters. The first kappa shape index (κ1) is 15.1. The van der Waals surface area contributed by atoms with Crippen molar-refractivity contribution in [3.05, 3.63) is 29.3 Å². The molecule has 4 nitrogen and oxygen atoms in total. The van der Waals surface area contributed by atoms with Crippen molar-refractivity contribution in [3.63, 3.8) is 0 Å². The number of nitrogens with zero attached hydrogens (tertiary/aromatic N) is 1. The van der Waals surface area contributed by atoms with Crippen molar-refractivity contribution < 1.29 is 14.6 Å². The molecule has 0 saturated heterocycles. The van der Waals surface area contributed by atoms with Crippen molar-refractivity contribution >= 4 is 17.5 Å². The Labute approximate surface area is 124 Å². The summed E-state index contributed by atoms with van der Waals surface area (Å²) < 4.78 is 5.50. The summed E-state index contributed by atoms with van der Waals surface area (Å²) in [6, 6.07) is 7.13. The van der Waals surface area contributed by atoms with Crippen LogP contribution in [-0.4, -0.2) is 42.2 Å². The molecule has 1 aromatic rings. The van der Waals surface area contributed by atoms with Crippen molar-refractivity contribution in [3.8, 4) is 5.75 Å². The predicted octanol–water partition coefficient (Wildman–Crippen LogP) is 2.34. The summed E-state index contributed by atoms with van der Waals surface area (Å²) in [7, 11) is 1.80. The fourth-order valence-corrected chi connectivity index (χ4v) is 2.52. The highest BCUT2D eigenvalue weighted by Crippen LogP contribution is 2.27. The largest absolute Gasteiger partial charge is 0.493 e. The summed E-state index contributed by atoms with van der Waals surface area (Å²) in [6.45, 7) is 1.06. The number of amides is 1. The molecule has 0 aliphatic heterocycles. The highest BCUT2D eigenvalue weighted by molar-refractivity contribution is 6.30. The van der Waals surface area contributed by atoms with Crippen LogP contribution in [0, 0.1) is 5.92 Å². The topological polar surface area (TPSA) is 49.8 Å². The lowest BCUT2D eigenvalue weighted by molar-refractivity contribution is -0.132. The third-order valence-electron chi connectivity index (χ3n) is 3.55. The highest BCUT2D eigenvalue weighted by Gasteiger charge is 2.28. The van der Waals surface area contributed by atoms with E-state index in [1.54, 1.807) is 24.1 Å². The van der Waals surface area contributed by atoms with Gasteiger partial charge in [-0.25, -0.2) is 0 Å². The Morgan fingerprint density at radius 3 is 2.90 bits per heavy atom. The van der Waals surface area contributed by atoms with Crippen LogP contribution in [0.3, 0.4) is 0 Å². The third kappa shape index (κ3) is 4.39.